The molecule has 0 saturated heterocycles. The molecule has 0 amide bonds. The summed E-state index contributed by atoms with van der Waals surface area (Å²) in [5, 5.41) is 10.7. The van der Waals surface area contributed by atoms with Crippen LogP contribution in [-0.4, -0.2) is 40.4 Å². The smallest absolute Gasteiger partial charge is 0.191 e. The first-order chi connectivity index (χ1) is 14.2. The van der Waals surface area contributed by atoms with Crippen LogP contribution in [0, 0.1) is 6.92 Å². The Hall–Kier alpha value is -3.35. The van der Waals surface area contributed by atoms with E-state index in [9.17, 15) is 0 Å². The Bertz CT molecular complexity index is 890. The van der Waals surface area contributed by atoms with E-state index in [0.717, 1.165) is 23.8 Å². The van der Waals surface area contributed by atoms with Crippen LogP contribution in [0.15, 0.2) is 66.2 Å². The van der Waals surface area contributed by atoms with E-state index in [-0.39, 0.29) is 0 Å². The van der Waals surface area contributed by atoms with Crippen molar-refractivity contribution < 1.29 is 4.74 Å². The van der Waals surface area contributed by atoms with Gasteiger partial charge in [0.2, 0.25) is 0 Å². The minimum atomic E-state index is 0.570. The monoisotopic (exact) mass is 392 g/mol. The predicted molar refractivity (Wildman–Crippen MR) is 115 cm³/mol. The highest BCUT2D eigenvalue weighted by Gasteiger charge is 2.01. The van der Waals surface area contributed by atoms with Crippen LogP contribution in [-0.2, 0) is 13.1 Å². The molecule has 0 aliphatic rings. The molecule has 0 aliphatic heterocycles. The lowest BCUT2D eigenvalue weighted by atomic mass is 10.1. The molecule has 2 N–H and O–H groups in total. The molecule has 3 aromatic rings. The van der Waals surface area contributed by atoms with Gasteiger partial charge in [0.05, 0.1) is 19.6 Å². The summed E-state index contributed by atoms with van der Waals surface area (Å²) in [5.41, 5.74) is 3.55. The molecule has 1 heterocycles. The Morgan fingerprint density at radius 2 is 1.93 bits per heavy atom. The number of aliphatic imine (C=N–C) groups is 1. The second kappa shape index (κ2) is 10.8. The number of aromatic nitrogens is 3. The Morgan fingerprint density at radius 1 is 1.10 bits per heavy atom. The summed E-state index contributed by atoms with van der Waals surface area (Å²) in [7, 11) is 0. The summed E-state index contributed by atoms with van der Waals surface area (Å²) in [6.45, 7) is 7.46. The molecule has 0 fully saturated rings. The van der Waals surface area contributed by atoms with Gasteiger partial charge in [0.15, 0.2) is 5.96 Å². The van der Waals surface area contributed by atoms with E-state index in [0.29, 0.717) is 26.2 Å². The van der Waals surface area contributed by atoms with Gasteiger partial charge < -0.3 is 15.4 Å². The average molecular weight is 393 g/mol. The molecule has 0 unspecified atom stereocenters. The van der Waals surface area contributed by atoms with Crippen LogP contribution in [0.5, 0.6) is 5.75 Å². The molecule has 29 heavy (non-hydrogen) atoms. The van der Waals surface area contributed by atoms with Crippen molar-refractivity contribution >= 4 is 5.96 Å². The zero-order valence-corrected chi connectivity index (χ0v) is 17.0. The van der Waals surface area contributed by atoms with Crippen LogP contribution in [0.3, 0.4) is 0 Å². The number of aryl methyl sites for hydroxylation is 1. The van der Waals surface area contributed by atoms with Crippen molar-refractivity contribution in [1.29, 1.82) is 0 Å². The Labute approximate surface area is 171 Å². The summed E-state index contributed by atoms with van der Waals surface area (Å²) in [5.74, 6) is 1.66. The summed E-state index contributed by atoms with van der Waals surface area (Å²) in [6, 6.07) is 16.4. The lowest BCUT2D eigenvalue weighted by Crippen LogP contribution is -2.39. The molecule has 1 aromatic heterocycles. The second-order valence-electron chi connectivity index (χ2n) is 6.70. The first-order valence-electron chi connectivity index (χ1n) is 9.85. The Morgan fingerprint density at radius 3 is 2.69 bits per heavy atom. The van der Waals surface area contributed by atoms with Crippen LogP contribution in [0.2, 0.25) is 0 Å². The molecule has 0 saturated carbocycles. The number of rotatable bonds is 9. The van der Waals surface area contributed by atoms with Gasteiger partial charge in [-0.1, -0.05) is 42.0 Å². The molecule has 0 radical (unpaired) electrons. The van der Waals surface area contributed by atoms with E-state index in [1.54, 1.807) is 12.7 Å². The van der Waals surface area contributed by atoms with E-state index >= 15 is 0 Å². The van der Waals surface area contributed by atoms with Crippen molar-refractivity contribution in [3.05, 3.63) is 77.9 Å². The number of benzene rings is 2. The Balaban J connectivity index is 1.50. The van der Waals surface area contributed by atoms with E-state index in [1.807, 2.05) is 35.0 Å². The SMILES string of the molecule is CCNC(=NCc1cccc(Cn2cncn2)c1)NCCOc1ccc(C)cc1. The molecule has 7 nitrogen and oxygen atoms in total. The number of hydrogen-bond donors (Lipinski definition) is 2. The largest absolute Gasteiger partial charge is 0.492 e. The topological polar surface area (TPSA) is 76.4 Å². The summed E-state index contributed by atoms with van der Waals surface area (Å²) in [4.78, 5) is 8.66. The third-order valence-corrected chi connectivity index (χ3v) is 4.25. The Kier molecular flexibility index (Phi) is 7.63. The normalized spacial score (nSPS) is 11.3. The van der Waals surface area contributed by atoms with Gasteiger partial charge >= 0.3 is 0 Å². The number of ether oxygens (including phenoxy) is 1. The van der Waals surface area contributed by atoms with Gasteiger partial charge in [0, 0.05) is 6.54 Å². The van der Waals surface area contributed by atoms with Crippen molar-refractivity contribution in [2.24, 2.45) is 4.99 Å². The molecular formula is C22H28N6O. The maximum atomic E-state index is 5.76. The molecule has 0 bridgehead atoms. The van der Waals surface area contributed by atoms with Crippen molar-refractivity contribution in [3.8, 4) is 5.75 Å². The third-order valence-electron chi connectivity index (χ3n) is 4.25. The van der Waals surface area contributed by atoms with Gasteiger partial charge in [-0.2, -0.15) is 5.10 Å². The molecule has 0 aliphatic carbocycles. The van der Waals surface area contributed by atoms with Crippen molar-refractivity contribution in [2.45, 2.75) is 26.9 Å². The van der Waals surface area contributed by atoms with Crippen LogP contribution in [0.25, 0.3) is 0 Å². The standard InChI is InChI=1S/C22H28N6O/c1-3-24-22(25-11-12-29-21-9-7-18(2)8-10-21)26-14-19-5-4-6-20(13-19)15-28-17-23-16-27-28/h4-10,13,16-17H,3,11-12,14-15H2,1-2H3,(H2,24,25,26). The number of hydrogen-bond acceptors (Lipinski definition) is 4. The molecular weight excluding hydrogens is 364 g/mol. The van der Waals surface area contributed by atoms with E-state index in [1.165, 1.54) is 11.1 Å². The molecule has 0 atom stereocenters. The van der Waals surface area contributed by atoms with E-state index < -0.39 is 0 Å². The highest BCUT2D eigenvalue weighted by atomic mass is 16.5. The highest BCUT2D eigenvalue weighted by molar-refractivity contribution is 5.79. The minimum absolute atomic E-state index is 0.570. The molecule has 3 rings (SSSR count). The van der Waals surface area contributed by atoms with Crippen LogP contribution < -0.4 is 15.4 Å². The van der Waals surface area contributed by atoms with E-state index in [4.69, 9.17) is 4.74 Å². The van der Waals surface area contributed by atoms with Crippen molar-refractivity contribution in [3.63, 3.8) is 0 Å². The maximum Gasteiger partial charge on any atom is 0.191 e. The highest BCUT2D eigenvalue weighted by Crippen LogP contribution is 2.11. The molecule has 0 spiro atoms. The molecule has 7 heteroatoms. The number of nitrogens with one attached hydrogen (secondary N) is 2. The van der Waals surface area contributed by atoms with Gasteiger partial charge in [-0.3, -0.25) is 0 Å². The van der Waals surface area contributed by atoms with Crippen LogP contribution >= 0.6 is 0 Å². The van der Waals surface area contributed by atoms with Gasteiger partial charge in [-0.15, -0.1) is 0 Å². The lowest BCUT2D eigenvalue weighted by Gasteiger charge is -2.12. The van der Waals surface area contributed by atoms with Crippen molar-refractivity contribution in [2.75, 3.05) is 19.7 Å². The number of guanidine groups is 1. The molecule has 152 valence electrons. The van der Waals surface area contributed by atoms with Crippen LogP contribution in [0.4, 0.5) is 0 Å². The fourth-order valence-corrected chi connectivity index (χ4v) is 2.81. The summed E-state index contributed by atoms with van der Waals surface area (Å²) in [6.07, 6.45) is 3.27. The first-order valence-corrected chi connectivity index (χ1v) is 9.85. The zero-order chi connectivity index (χ0) is 20.3. The maximum absolute atomic E-state index is 5.76. The van der Waals surface area contributed by atoms with Gasteiger partial charge in [-0.25, -0.2) is 14.7 Å². The lowest BCUT2D eigenvalue weighted by molar-refractivity contribution is 0.322. The zero-order valence-electron chi connectivity index (χ0n) is 17.0. The van der Waals surface area contributed by atoms with Crippen molar-refractivity contribution in [1.82, 2.24) is 25.4 Å². The summed E-state index contributed by atoms with van der Waals surface area (Å²) < 4.78 is 7.57. The van der Waals surface area contributed by atoms with Gasteiger partial charge in [-0.05, 0) is 37.1 Å². The quantitative estimate of drug-likeness (QED) is 0.333. The number of nitrogens with zero attached hydrogens (tertiary/aromatic N) is 4. The van der Waals surface area contributed by atoms with Crippen LogP contribution in [0.1, 0.15) is 23.6 Å². The van der Waals surface area contributed by atoms with Gasteiger partial charge in [0.1, 0.15) is 25.0 Å². The average Bonchev–Trinajstić information content (AvgIpc) is 3.24. The first kappa shape index (κ1) is 20.4. The predicted octanol–water partition coefficient (Wildman–Crippen LogP) is 2.77. The van der Waals surface area contributed by atoms with E-state index in [2.05, 4.69) is 57.8 Å². The molecule has 2 aromatic carbocycles. The minimum Gasteiger partial charge on any atom is -0.492 e. The fourth-order valence-electron chi connectivity index (χ4n) is 2.81. The third kappa shape index (κ3) is 6.95. The van der Waals surface area contributed by atoms with Gasteiger partial charge in [0.25, 0.3) is 0 Å². The second-order valence-corrected chi connectivity index (χ2v) is 6.70. The summed E-state index contributed by atoms with van der Waals surface area (Å²) >= 11 is 0. The fraction of sp³-hybridized carbons (Fsp3) is 0.318.